The number of nitrogens with zero attached hydrogens (tertiary/aromatic N) is 1. The van der Waals surface area contributed by atoms with Crippen molar-refractivity contribution in [3.8, 4) is 11.8 Å². The van der Waals surface area contributed by atoms with Gasteiger partial charge in [-0.1, -0.05) is 13.8 Å². The van der Waals surface area contributed by atoms with Crippen LogP contribution < -0.4 is 4.84 Å². The first-order valence-electron chi connectivity index (χ1n) is 5.53. The van der Waals surface area contributed by atoms with E-state index in [1.807, 2.05) is 13.8 Å². The smallest absolute Gasteiger partial charge is 0.492 e. The lowest BCUT2D eigenvalue weighted by Crippen LogP contribution is -2.22. The Labute approximate surface area is 104 Å². The van der Waals surface area contributed by atoms with Crippen LogP contribution >= 0.6 is 0 Å². The Morgan fingerprint density at radius 3 is 2.44 bits per heavy atom. The first-order valence-corrected chi connectivity index (χ1v) is 5.53. The van der Waals surface area contributed by atoms with Crippen LogP contribution in [0.1, 0.15) is 13.8 Å². The van der Waals surface area contributed by atoms with Gasteiger partial charge in [0.1, 0.15) is 6.61 Å². The van der Waals surface area contributed by atoms with Crippen molar-refractivity contribution in [2.45, 2.75) is 13.8 Å². The van der Waals surface area contributed by atoms with Crippen molar-refractivity contribution < 1.29 is 29.3 Å². The van der Waals surface area contributed by atoms with Crippen molar-refractivity contribution >= 4 is 6.16 Å². The Kier molecular flexibility index (Phi) is 5.31. The van der Waals surface area contributed by atoms with Crippen LogP contribution in [0.25, 0.3) is 0 Å². The summed E-state index contributed by atoms with van der Waals surface area (Å²) in [5.74, 6) is -0.397. The molecule has 0 fully saturated rings. The van der Waals surface area contributed by atoms with Crippen molar-refractivity contribution in [3.63, 3.8) is 0 Å². The van der Waals surface area contributed by atoms with Gasteiger partial charge in [-0.15, -0.1) is 4.73 Å². The minimum atomic E-state index is -1.04. The van der Waals surface area contributed by atoms with Crippen LogP contribution in [0.5, 0.6) is 11.8 Å². The Morgan fingerprint density at radius 1 is 1.28 bits per heavy atom. The fourth-order valence-corrected chi connectivity index (χ4v) is 1.10. The number of carbonyl (C=O) groups excluding carboxylic acids is 1. The number of carbonyl (C=O) groups is 1. The van der Waals surface area contributed by atoms with Crippen molar-refractivity contribution in [1.82, 2.24) is 4.73 Å². The molecular formula is C11H17NO6. The lowest BCUT2D eigenvalue weighted by molar-refractivity contribution is 0.0115. The molecule has 1 aromatic rings. The lowest BCUT2D eigenvalue weighted by Gasteiger charge is -2.08. The fourth-order valence-electron chi connectivity index (χ4n) is 1.10. The first kappa shape index (κ1) is 14.2. The minimum absolute atomic E-state index is 0.0361. The van der Waals surface area contributed by atoms with E-state index in [9.17, 15) is 15.0 Å². The molecule has 1 heterocycles. The number of aromatic hydroxyl groups is 2. The fraction of sp³-hybridized carbons (Fsp3) is 0.545. The zero-order valence-electron chi connectivity index (χ0n) is 10.3. The van der Waals surface area contributed by atoms with Crippen molar-refractivity contribution in [2.75, 3.05) is 19.8 Å². The molecular weight excluding hydrogens is 242 g/mol. The maximum absolute atomic E-state index is 11.2. The van der Waals surface area contributed by atoms with Crippen LogP contribution in [0, 0.1) is 5.92 Å². The van der Waals surface area contributed by atoms with Gasteiger partial charge in [0.15, 0.2) is 0 Å². The van der Waals surface area contributed by atoms with E-state index < -0.39 is 17.9 Å². The molecule has 0 saturated heterocycles. The second-order valence-corrected chi connectivity index (χ2v) is 4.00. The summed E-state index contributed by atoms with van der Waals surface area (Å²) in [7, 11) is 0. The second-order valence-electron chi connectivity index (χ2n) is 4.00. The Hall–Kier alpha value is -1.89. The van der Waals surface area contributed by atoms with E-state index in [2.05, 4.69) is 9.57 Å². The maximum atomic E-state index is 11.2. The molecule has 0 radical (unpaired) electrons. The summed E-state index contributed by atoms with van der Waals surface area (Å²) in [6.07, 6.45) is -1.04. The van der Waals surface area contributed by atoms with E-state index in [0.717, 1.165) is 0 Å². The SMILES string of the molecule is CC(C)COCCOC(=O)On1c(O)ccc1O. The van der Waals surface area contributed by atoms with Crippen molar-refractivity contribution in [3.05, 3.63) is 12.1 Å². The summed E-state index contributed by atoms with van der Waals surface area (Å²) in [4.78, 5) is 15.7. The molecule has 0 aliphatic rings. The molecule has 1 rings (SSSR count). The zero-order chi connectivity index (χ0) is 13.5. The summed E-state index contributed by atoms with van der Waals surface area (Å²) in [6.45, 7) is 4.89. The summed E-state index contributed by atoms with van der Waals surface area (Å²) in [5.41, 5.74) is 0. The molecule has 7 heteroatoms. The highest BCUT2D eigenvalue weighted by Crippen LogP contribution is 2.18. The highest BCUT2D eigenvalue weighted by atomic mass is 16.8. The quantitative estimate of drug-likeness (QED) is 0.588. The summed E-state index contributed by atoms with van der Waals surface area (Å²) >= 11 is 0. The van der Waals surface area contributed by atoms with Gasteiger partial charge in [-0.2, -0.15) is 0 Å². The molecule has 0 aliphatic carbocycles. The van der Waals surface area contributed by atoms with Gasteiger partial charge in [0.05, 0.1) is 6.61 Å². The number of hydrogen-bond donors (Lipinski definition) is 2. The molecule has 0 saturated carbocycles. The molecule has 7 nitrogen and oxygen atoms in total. The van der Waals surface area contributed by atoms with Gasteiger partial charge in [-0.25, -0.2) is 4.79 Å². The summed E-state index contributed by atoms with van der Waals surface area (Å²) in [5, 5.41) is 18.4. The largest absolute Gasteiger partial charge is 0.534 e. The number of rotatable bonds is 6. The molecule has 0 aliphatic heterocycles. The van der Waals surface area contributed by atoms with Gasteiger partial charge >= 0.3 is 6.16 Å². The number of aromatic nitrogens is 1. The van der Waals surface area contributed by atoms with Gasteiger partial charge < -0.3 is 19.7 Å². The van der Waals surface area contributed by atoms with E-state index in [1.54, 1.807) is 0 Å². The standard InChI is InChI=1S/C11H17NO6/c1-8(2)7-16-5-6-17-11(15)18-12-9(13)3-4-10(12)14/h3-4,8,13-14H,5-7H2,1-2H3. The van der Waals surface area contributed by atoms with E-state index in [4.69, 9.17) is 4.74 Å². The van der Waals surface area contributed by atoms with Crippen LogP contribution in [0.4, 0.5) is 4.79 Å². The van der Waals surface area contributed by atoms with Gasteiger partial charge in [-0.3, -0.25) is 4.84 Å². The third-order valence-corrected chi connectivity index (χ3v) is 1.86. The highest BCUT2D eigenvalue weighted by molar-refractivity contribution is 5.60. The molecule has 0 unspecified atom stereocenters. The Bertz CT molecular complexity index is 367. The third-order valence-electron chi connectivity index (χ3n) is 1.86. The second kappa shape index (κ2) is 6.75. The van der Waals surface area contributed by atoms with Gasteiger partial charge in [-0.05, 0) is 5.92 Å². The molecule has 2 N–H and O–H groups in total. The van der Waals surface area contributed by atoms with Crippen LogP contribution in [0.15, 0.2) is 12.1 Å². The predicted molar refractivity (Wildman–Crippen MR) is 61.3 cm³/mol. The normalized spacial score (nSPS) is 10.6. The molecule has 1 aromatic heterocycles. The number of hydrogen-bond acceptors (Lipinski definition) is 6. The van der Waals surface area contributed by atoms with Crippen LogP contribution in [0.3, 0.4) is 0 Å². The van der Waals surface area contributed by atoms with Gasteiger partial charge in [0.25, 0.3) is 0 Å². The van der Waals surface area contributed by atoms with E-state index in [-0.39, 0.29) is 13.2 Å². The number of ether oxygens (including phenoxy) is 2. The topological polar surface area (TPSA) is 90.2 Å². The molecule has 0 amide bonds. The van der Waals surface area contributed by atoms with Gasteiger partial charge in [0.2, 0.25) is 11.8 Å². The molecule has 0 aromatic carbocycles. The monoisotopic (exact) mass is 259 g/mol. The van der Waals surface area contributed by atoms with Crippen molar-refractivity contribution in [1.29, 1.82) is 0 Å². The first-order chi connectivity index (χ1) is 8.50. The average molecular weight is 259 g/mol. The van der Waals surface area contributed by atoms with E-state index >= 15 is 0 Å². The maximum Gasteiger partial charge on any atom is 0.534 e. The van der Waals surface area contributed by atoms with E-state index in [0.29, 0.717) is 17.3 Å². The van der Waals surface area contributed by atoms with Gasteiger partial charge in [0, 0.05) is 18.7 Å². The third kappa shape index (κ3) is 4.54. The molecule has 0 atom stereocenters. The van der Waals surface area contributed by atoms with E-state index in [1.165, 1.54) is 12.1 Å². The molecule has 18 heavy (non-hydrogen) atoms. The summed E-state index contributed by atoms with van der Waals surface area (Å²) < 4.78 is 10.4. The molecule has 0 spiro atoms. The van der Waals surface area contributed by atoms with Crippen LogP contribution in [0.2, 0.25) is 0 Å². The van der Waals surface area contributed by atoms with Crippen molar-refractivity contribution in [2.24, 2.45) is 5.92 Å². The van der Waals surface area contributed by atoms with Crippen LogP contribution in [-0.2, 0) is 9.47 Å². The Morgan fingerprint density at radius 2 is 1.89 bits per heavy atom. The van der Waals surface area contributed by atoms with Crippen LogP contribution in [-0.4, -0.2) is 40.9 Å². The Balaban J connectivity index is 2.22. The summed E-state index contributed by atoms with van der Waals surface area (Å²) in [6, 6.07) is 2.35. The average Bonchev–Trinajstić information content (AvgIpc) is 2.60. The predicted octanol–water partition coefficient (Wildman–Crippen LogP) is 1.14. The minimum Gasteiger partial charge on any atom is -0.492 e. The lowest BCUT2D eigenvalue weighted by atomic mass is 10.2. The molecule has 102 valence electrons. The highest BCUT2D eigenvalue weighted by Gasteiger charge is 2.12. The zero-order valence-corrected chi connectivity index (χ0v) is 10.3. The molecule has 0 bridgehead atoms.